The fraction of sp³-hybridized carbons (Fsp3) is 0.316. The van der Waals surface area contributed by atoms with Gasteiger partial charge in [-0.05, 0) is 36.2 Å². The molecule has 1 aliphatic rings. The van der Waals surface area contributed by atoms with Gasteiger partial charge in [-0.3, -0.25) is 4.99 Å². The van der Waals surface area contributed by atoms with Crippen LogP contribution >= 0.6 is 24.0 Å². The van der Waals surface area contributed by atoms with Crippen LogP contribution in [-0.4, -0.2) is 26.3 Å². The number of rotatable bonds is 5. The molecule has 0 bridgehead atoms. The molecule has 0 amide bonds. The number of benzene rings is 2. The molecule has 0 fully saturated rings. The Balaban J connectivity index is 0.00000261. The highest BCUT2D eigenvalue weighted by Crippen LogP contribution is 2.29. The van der Waals surface area contributed by atoms with Crippen molar-refractivity contribution >= 4 is 29.9 Å². The minimum Gasteiger partial charge on any atom is -0.467 e. The van der Waals surface area contributed by atoms with Crippen molar-refractivity contribution in [1.82, 2.24) is 10.6 Å². The van der Waals surface area contributed by atoms with Gasteiger partial charge >= 0.3 is 0 Å². The Morgan fingerprint density at radius 2 is 2.00 bits per heavy atom. The van der Waals surface area contributed by atoms with Crippen LogP contribution in [0.3, 0.4) is 0 Å². The predicted octanol–water partition coefficient (Wildman–Crippen LogP) is 3.36. The summed E-state index contributed by atoms with van der Waals surface area (Å²) >= 11 is 0. The van der Waals surface area contributed by atoms with E-state index < -0.39 is 0 Å². The molecule has 1 heterocycles. The second kappa shape index (κ2) is 10.4. The Bertz CT molecular complexity index is 803. The van der Waals surface area contributed by atoms with Crippen LogP contribution in [0.1, 0.15) is 16.7 Å². The van der Waals surface area contributed by atoms with E-state index in [1.54, 1.807) is 13.1 Å². The van der Waals surface area contributed by atoms with E-state index in [0.717, 1.165) is 5.56 Å². The molecule has 1 aliphatic heterocycles. The Labute approximate surface area is 174 Å². The number of ether oxygens (including phenoxy) is 2. The van der Waals surface area contributed by atoms with E-state index in [9.17, 15) is 8.78 Å². The summed E-state index contributed by atoms with van der Waals surface area (Å²) in [6.07, 6.45) is 0.661. The molecule has 146 valence electrons. The molecule has 2 N–H and O–H groups in total. The second-order valence-electron chi connectivity index (χ2n) is 5.90. The van der Waals surface area contributed by atoms with Crippen molar-refractivity contribution in [2.45, 2.75) is 19.6 Å². The standard InChI is InChI=1S/C19H21F2N3O2.HI/c1-22-19(23-6-5-13-3-2-4-16(20)7-13)24-10-14-8-17(21)9-15-11-25-12-26-18(14)15;/h2-4,7-9H,5-6,10-12H2,1H3,(H2,22,23,24);1H. The summed E-state index contributed by atoms with van der Waals surface area (Å²) in [5.74, 6) is 0.653. The first-order valence-electron chi connectivity index (χ1n) is 8.36. The first-order chi connectivity index (χ1) is 12.7. The summed E-state index contributed by atoms with van der Waals surface area (Å²) in [5, 5.41) is 6.30. The maximum atomic E-state index is 13.8. The largest absolute Gasteiger partial charge is 0.467 e. The van der Waals surface area contributed by atoms with E-state index in [-0.39, 0.29) is 42.4 Å². The molecule has 5 nitrogen and oxygen atoms in total. The molecule has 0 atom stereocenters. The van der Waals surface area contributed by atoms with Crippen LogP contribution < -0.4 is 15.4 Å². The van der Waals surface area contributed by atoms with Crippen molar-refractivity contribution < 1.29 is 18.3 Å². The summed E-state index contributed by atoms with van der Waals surface area (Å²) < 4.78 is 37.6. The number of aliphatic imine (C=N–C) groups is 1. The van der Waals surface area contributed by atoms with Crippen molar-refractivity contribution in [2.24, 2.45) is 4.99 Å². The second-order valence-corrected chi connectivity index (χ2v) is 5.90. The molecule has 2 aromatic carbocycles. The summed E-state index contributed by atoms with van der Waals surface area (Å²) in [6, 6.07) is 9.36. The number of halogens is 3. The Hall–Kier alpha value is -1.94. The highest BCUT2D eigenvalue weighted by Gasteiger charge is 2.17. The van der Waals surface area contributed by atoms with Gasteiger partial charge in [-0.15, -0.1) is 24.0 Å². The SMILES string of the molecule is CN=C(NCCc1cccc(F)c1)NCc1cc(F)cc2c1OCOC2.I. The zero-order chi connectivity index (χ0) is 18.4. The molecule has 0 radical (unpaired) electrons. The lowest BCUT2D eigenvalue weighted by Gasteiger charge is -2.21. The molecular weight excluding hydrogens is 467 g/mol. The monoisotopic (exact) mass is 489 g/mol. The molecule has 0 saturated carbocycles. The lowest BCUT2D eigenvalue weighted by molar-refractivity contribution is -0.0172. The van der Waals surface area contributed by atoms with Crippen LogP contribution in [0.25, 0.3) is 0 Å². The normalized spacial score (nSPS) is 13.2. The van der Waals surface area contributed by atoms with E-state index in [4.69, 9.17) is 9.47 Å². The van der Waals surface area contributed by atoms with E-state index in [0.29, 0.717) is 49.0 Å². The maximum absolute atomic E-state index is 13.8. The number of nitrogens with one attached hydrogen (secondary N) is 2. The van der Waals surface area contributed by atoms with Crippen molar-refractivity contribution in [3.8, 4) is 5.75 Å². The number of fused-ring (bicyclic) bond motifs is 1. The Morgan fingerprint density at radius 1 is 1.15 bits per heavy atom. The molecule has 0 spiro atoms. The van der Waals surface area contributed by atoms with E-state index >= 15 is 0 Å². The van der Waals surface area contributed by atoms with Crippen LogP contribution in [0.2, 0.25) is 0 Å². The zero-order valence-corrected chi connectivity index (χ0v) is 17.3. The minimum atomic E-state index is -0.330. The average Bonchev–Trinajstić information content (AvgIpc) is 2.64. The van der Waals surface area contributed by atoms with E-state index in [2.05, 4.69) is 15.6 Å². The van der Waals surface area contributed by atoms with Crippen molar-refractivity contribution in [3.05, 3.63) is 64.7 Å². The lowest BCUT2D eigenvalue weighted by Crippen LogP contribution is -2.38. The van der Waals surface area contributed by atoms with Gasteiger partial charge in [0.1, 0.15) is 17.4 Å². The smallest absolute Gasteiger partial charge is 0.191 e. The van der Waals surface area contributed by atoms with Crippen molar-refractivity contribution in [1.29, 1.82) is 0 Å². The molecule has 3 rings (SSSR count). The first kappa shape index (κ1) is 21.4. The Kier molecular flexibility index (Phi) is 8.23. The van der Waals surface area contributed by atoms with Crippen LogP contribution in [-0.2, 0) is 24.3 Å². The fourth-order valence-corrected chi connectivity index (χ4v) is 2.81. The van der Waals surface area contributed by atoms with Gasteiger partial charge in [-0.1, -0.05) is 12.1 Å². The molecule has 0 saturated heterocycles. The summed E-state index contributed by atoms with van der Waals surface area (Å²) in [4.78, 5) is 4.15. The zero-order valence-electron chi connectivity index (χ0n) is 14.9. The number of guanidine groups is 1. The first-order valence-corrected chi connectivity index (χ1v) is 8.36. The van der Waals surface area contributed by atoms with Gasteiger partial charge in [-0.2, -0.15) is 0 Å². The number of hydrogen-bond donors (Lipinski definition) is 2. The summed E-state index contributed by atoms with van der Waals surface area (Å²) in [6.45, 7) is 1.45. The Morgan fingerprint density at radius 3 is 2.78 bits per heavy atom. The molecule has 27 heavy (non-hydrogen) atoms. The van der Waals surface area contributed by atoms with Crippen LogP contribution in [0.4, 0.5) is 8.78 Å². The summed E-state index contributed by atoms with van der Waals surface area (Å²) in [5.41, 5.74) is 2.30. The van der Waals surface area contributed by atoms with Gasteiger partial charge < -0.3 is 20.1 Å². The van der Waals surface area contributed by atoms with Gasteiger partial charge in [0, 0.05) is 31.3 Å². The van der Waals surface area contributed by atoms with Crippen LogP contribution in [0, 0.1) is 11.6 Å². The molecule has 0 aliphatic carbocycles. The molecular formula is C19H22F2IN3O2. The highest BCUT2D eigenvalue weighted by atomic mass is 127. The highest BCUT2D eigenvalue weighted by molar-refractivity contribution is 14.0. The maximum Gasteiger partial charge on any atom is 0.191 e. The topological polar surface area (TPSA) is 54.9 Å². The molecule has 8 heteroatoms. The van der Waals surface area contributed by atoms with Gasteiger partial charge in [-0.25, -0.2) is 8.78 Å². The van der Waals surface area contributed by atoms with E-state index in [1.807, 2.05) is 6.07 Å². The van der Waals surface area contributed by atoms with Crippen LogP contribution in [0.5, 0.6) is 5.75 Å². The quantitative estimate of drug-likeness (QED) is 0.385. The molecule has 0 aromatic heterocycles. The predicted molar refractivity (Wildman–Crippen MR) is 110 cm³/mol. The van der Waals surface area contributed by atoms with Crippen LogP contribution in [0.15, 0.2) is 41.4 Å². The average molecular weight is 489 g/mol. The van der Waals surface area contributed by atoms with Gasteiger partial charge in [0.15, 0.2) is 12.8 Å². The third kappa shape index (κ3) is 6.03. The van der Waals surface area contributed by atoms with Gasteiger partial charge in [0.05, 0.1) is 6.61 Å². The number of nitrogens with zero attached hydrogens (tertiary/aromatic N) is 1. The van der Waals surface area contributed by atoms with Gasteiger partial charge in [0.25, 0.3) is 0 Å². The third-order valence-corrected chi connectivity index (χ3v) is 4.02. The fourth-order valence-electron chi connectivity index (χ4n) is 2.81. The summed E-state index contributed by atoms with van der Waals surface area (Å²) in [7, 11) is 1.66. The van der Waals surface area contributed by atoms with Crippen molar-refractivity contribution in [2.75, 3.05) is 20.4 Å². The molecule has 2 aromatic rings. The number of hydrogen-bond acceptors (Lipinski definition) is 3. The minimum absolute atomic E-state index is 0. The van der Waals surface area contributed by atoms with Crippen molar-refractivity contribution in [3.63, 3.8) is 0 Å². The lowest BCUT2D eigenvalue weighted by atomic mass is 10.1. The third-order valence-electron chi connectivity index (χ3n) is 4.02. The van der Waals surface area contributed by atoms with E-state index in [1.165, 1.54) is 24.3 Å². The molecule has 0 unspecified atom stereocenters. The van der Waals surface area contributed by atoms with Gasteiger partial charge in [0.2, 0.25) is 0 Å².